The molecule has 2 aromatic heterocycles. The van der Waals surface area contributed by atoms with Crippen molar-refractivity contribution in [3.8, 4) is 28.2 Å². The molecule has 4 amide bonds. The molecular formula is C35H42N8O6. The largest absolute Gasteiger partial charge is 0.465 e. The van der Waals surface area contributed by atoms with Crippen LogP contribution in [0.5, 0.6) is 0 Å². The lowest BCUT2D eigenvalue weighted by Gasteiger charge is -2.27. The van der Waals surface area contributed by atoms with Crippen molar-refractivity contribution in [3.05, 3.63) is 72.4 Å². The van der Waals surface area contributed by atoms with Crippen molar-refractivity contribution in [2.45, 2.75) is 65.1 Å². The lowest BCUT2D eigenvalue weighted by Crippen LogP contribution is -2.46. The number of aromatic amines is 1. The first kappa shape index (κ1) is 34.7. The highest BCUT2D eigenvalue weighted by Gasteiger charge is 2.37. The molecule has 3 atom stereocenters. The predicted octanol–water partition coefficient (Wildman–Crippen LogP) is 5.13. The molecule has 2 aromatic carbocycles. The molecule has 14 heteroatoms. The Labute approximate surface area is 284 Å². The van der Waals surface area contributed by atoms with Gasteiger partial charge in [0, 0.05) is 24.7 Å². The predicted molar refractivity (Wildman–Crippen MR) is 183 cm³/mol. The van der Waals surface area contributed by atoms with Gasteiger partial charge in [0.2, 0.25) is 11.8 Å². The maximum Gasteiger partial charge on any atom is 0.407 e. The lowest BCUT2D eigenvalue weighted by atomic mass is 9.98. The van der Waals surface area contributed by atoms with Crippen LogP contribution < -0.4 is 16.0 Å². The first-order valence-electron chi connectivity index (χ1n) is 16.2. The topological polar surface area (TPSA) is 184 Å². The van der Waals surface area contributed by atoms with E-state index in [1.807, 2.05) is 60.8 Å². The lowest BCUT2D eigenvalue weighted by molar-refractivity contribution is -0.134. The van der Waals surface area contributed by atoms with Crippen LogP contribution in [0.25, 0.3) is 28.2 Å². The van der Waals surface area contributed by atoms with Gasteiger partial charge in [-0.2, -0.15) is 0 Å². The third-order valence-corrected chi connectivity index (χ3v) is 8.29. The van der Waals surface area contributed by atoms with Gasteiger partial charge in [0.1, 0.15) is 23.7 Å². The number of amides is 4. The summed E-state index contributed by atoms with van der Waals surface area (Å²) in [5, 5.41) is 16.9. The van der Waals surface area contributed by atoms with E-state index in [4.69, 9.17) is 9.97 Å². The summed E-state index contributed by atoms with van der Waals surface area (Å²) in [6.45, 7) is 7.57. The number of H-pyrrole nitrogens is 1. The van der Waals surface area contributed by atoms with Gasteiger partial charge in [0.25, 0.3) is 0 Å². The van der Waals surface area contributed by atoms with E-state index in [-0.39, 0.29) is 17.6 Å². The Bertz CT molecular complexity index is 1820. The first-order chi connectivity index (χ1) is 23.5. The SMILES string of the molecule is COC(=O)N[C@@H](C)C(=O)Nc1[nH]c(CC(C)C)nc1-n1cc(-c2ccccc2-c2ccccc2)nc1C1CCCN1C(=O)C(C)NC(=O)O. The number of ether oxygens (including phenoxy) is 1. The van der Waals surface area contributed by atoms with Crippen LogP contribution in [0.1, 0.15) is 58.2 Å². The number of methoxy groups -OCH3 is 1. The fourth-order valence-corrected chi connectivity index (χ4v) is 5.99. The molecular weight excluding hydrogens is 628 g/mol. The number of imidazole rings is 2. The number of alkyl carbamates (subject to hydrolysis) is 1. The average Bonchev–Trinajstić information content (AvgIpc) is 3.82. The number of carboxylic acid groups (broad SMARTS) is 1. The minimum Gasteiger partial charge on any atom is -0.465 e. The number of nitrogens with zero attached hydrogens (tertiary/aromatic N) is 4. The van der Waals surface area contributed by atoms with Gasteiger partial charge >= 0.3 is 12.2 Å². The zero-order chi connectivity index (χ0) is 35.2. The molecule has 0 bridgehead atoms. The Morgan fingerprint density at radius 3 is 2.33 bits per heavy atom. The van der Waals surface area contributed by atoms with Gasteiger partial charge in [-0.1, -0.05) is 68.4 Å². The van der Waals surface area contributed by atoms with Crippen LogP contribution >= 0.6 is 0 Å². The van der Waals surface area contributed by atoms with Crippen LogP contribution in [-0.2, 0) is 20.7 Å². The third-order valence-electron chi connectivity index (χ3n) is 8.29. The van der Waals surface area contributed by atoms with E-state index in [1.165, 1.54) is 21.0 Å². The number of hydrogen-bond donors (Lipinski definition) is 5. The fourth-order valence-electron chi connectivity index (χ4n) is 5.99. The molecule has 1 fully saturated rings. The molecule has 0 radical (unpaired) electrons. The normalized spacial score (nSPS) is 15.5. The highest BCUT2D eigenvalue weighted by atomic mass is 16.5. The maximum atomic E-state index is 13.6. The molecule has 2 unspecified atom stereocenters. The maximum absolute atomic E-state index is 13.6. The van der Waals surface area contributed by atoms with Gasteiger partial charge in [-0.25, -0.2) is 19.6 Å². The molecule has 49 heavy (non-hydrogen) atoms. The first-order valence-corrected chi connectivity index (χ1v) is 16.2. The molecule has 258 valence electrons. The zero-order valence-corrected chi connectivity index (χ0v) is 28.2. The van der Waals surface area contributed by atoms with Gasteiger partial charge in [-0.05, 0) is 43.7 Å². The van der Waals surface area contributed by atoms with Gasteiger partial charge < -0.3 is 35.7 Å². The quantitative estimate of drug-likeness (QED) is 0.145. The van der Waals surface area contributed by atoms with Crippen molar-refractivity contribution in [1.29, 1.82) is 0 Å². The van der Waals surface area contributed by atoms with Crippen LogP contribution in [0, 0.1) is 5.92 Å². The minimum atomic E-state index is -1.29. The fraction of sp³-hybridized carbons (Fsp3) is 0.371. The Balaban J connectivity index is 1.66. The number of likely N-dealkylation sites (tertiary alicyclic amines) is 1. The molecule has 1 aliphatic rings. The van der Waals surface area contributed by atoms with Crippen LogP contribution in [0.3, 0.4) is 0 Å². The van der Waals surface area contributed by atoms with Gasteiger partial charge in [-0.15, -0.1) is 0 Å². The second kappa shape index (κ2) is 15.0. The van der Waals surface area contributed by atoms with E-state index in [1.54, 1.807) is 9.47 Å². The molecule has 5 rings (SSSR count). The van der Waals surface area contributed by atoms with E-state index < -0.39 is 36.2 Å². The standard InChI is InChI=1S/C35H42N8O6/c1-20(2)18-28-39-29(41-32(44)21(3)37-35(48)49-5)31(40-28)43-19-26(25-15-10-9-14-24(25)23-12-7-6-8-13-23)38-30(43)27-16-11-17-42(27)33(45)22(4)36-34(46)47/h6-10,12-15,19-22,27,36H,11,16-18H2,1-5H3,(H,37,48)(H,39,40)(H,41,44)(H,46,47)/t21-,22?,27?/m0/s1. The van der Waals surface area contributed by atoms with E-state index in [9.17, 15) is 24.3 Å². The molecule has 0 aliphatic carbocycles. The smallest absolute Gasteiger partial charge is 0.407 e. The minimum absolute atomic E-state index is 0.240. The number of benzene rings is 2. The van der Waals surface area contributed by atoms with Crippen LogP contribution in [-0.4, -0.2) is 79.3 Å². The number of anilines is 1. The van der Waals surface area contributed by atoms with E-state index in [0.717, 1.165) is 16.7 Å². The molecule has 4 aromatic rings. The molecule has 1 aliphatic heterocycles. The molecule has 14 nitrogen and oxygen atoms in total. The summed E-state index contributed by atoms with van der Waals surface area (Å²) in [6, 6.07) is 15.4. The Morgan fingerprint density at radius 2 is 1.65 bits per heavy atom. The molecule has 0 saturated carbocycles. The number of aromatic nitrogens is 4. The van der Waals surface area contributed by atoms with Crippen LogP contribution in [0.15, 0.2) is 60.8 Å². The average molecular weight is 671 g/mol. The summed E-state index contributed by atoms with van der Waals surface area (Å²) < 4.78 is 6.45. The summed E-state index contributed by atoms with van der Waals surface area (Å²) in [5.74, 6) is 1.14. The summed E-state index contributed by atoms with van der Waals surface area (Å²) in [4.78, 5) is 65.1. The third kappa shape index (κ3) is 7.91. The monoisotopic (exact) mass is 670 g/mol. The Hall–Kier alpha value is -5.66. The Kier molecular flexibility index (Phi) is 10.6. The molecule has 0 spiro atoms. The van der Waals surface area contributed by atoms with Crippen LogP contribution in [0.4, 0.5) is 15.4 Å². The zero-order valence-electron chi connectivity index (χ0n) is 28.2. The van der Waals surface area contributed by atoms with Crippen molar-refractivity contribution < 1.29 is 29.0 Å². The number of carbonyl (C=O) groups is 4. The second-order valence-electron chi connectivity index (χ2n) is 12.5. The molecule has 3 heterocycles. The van der Waals surface area contributed by atoms with E-state index in [0.29, 0.717) is 49.0 Å². The van der Waals surface area contributed by atoms with Gasteiger partial charge in [-0.3, -0.25) is 14.2 Å². The van der Waals surface area contributed by atoms with Crippen molar-refractivity contribution >= 4 is 29.8 Å². The number of carbonyl (C=O) groups excluding carboxylic acids is 3. The summed E-state index contributed by atoms with van der Waals surface area (Å²) in [5.41, 5.74) is 3.43. The van der Waals surface area contributed by atoms with Crippen molar-refractivity contribution in [2.75, 3.05) is 19.0 Å². The van der Waals surface area contributed by atoms with Crippen LogP contribution in [0.2, 0.25) is 0 Å². The van der Waals surface area contributed by atoms with E-state index in [2.05, 4.69) is 39.5 Å². The van der Waals surface area contributed by atoms with Crippen molar-refractivity contribution in [2.24, 2.45) is 5.92 Å². The number of hydrogen-bond acceptors (Lipinski definition) is 7. The van der Waals surface area contributed by atoms with Gasteiger partial charge in [0.15, 0.2) is 11.6 Å². The summed E-state index contributed by atoms with van der Waals surface area (Å²) in [7, 11) is 1.22. The summed E-state index contributed by atoms with van der Waals surface area (Å²) in [6.07, 6.45) is 1.65. The van der Waals surface area contributed by atoms with Crippen molar-refractivity contribution in [1.82, 2.24) is 35.1 Å². The number of nitrogens with one attached hydrogen (secondary N) is 4. The van der Waals surface area contributed by atoms with Crippen molar-refractivity contribution in [3.63, 3.8) is 0 Å². The highest BCUT2D eigenvalue weighted by Crippen LogP contribution is 2.38. The summed E-state index contributed by atoms with van der Waals surface area (Å²) >= 11 is 0. The molecule has 5 N–H and O–H groups in total. The second-order valence-corrected chi connectivity index (χ2v) is 12.5. The highest BCUT2D eigenvalue weighted by molar-refractivity contribution is 5.96. The molecule has 1 saturated heterocycles. The van der Waals surface area contributed by atoms with E-state index >= 15 is 0 Å². The Morgan fingerprint density at radius 1 is 0.959 bits per heavy atom. The van der Waals surface area contributed by atoms with Gasteiger partial charge in [0.05, 0.1) is 18.8 Å². The number of rotatable bonds is 11.